The van der Waals surface area contributed by atoms with E-state index in [-0.39, 0.29) is 11.7 Å². The summed E-state index contributed by atoms with van der Waals surface area (Å²) in [6.45, 7) is 9.32. The van der Waals surface area contributed by atoms with Gasteiger partial charge in [-0.1, -0.05) is 0 Å². The van der Waals surface area contributed by atoms with Crippen LogP contribution in [0.4, 0.5) is 9.39 Å². The number of hydrogen-bond donors (Lipinski definition) is 3. The molecule has 0 atom stereocenters. The third-order valence-corrected chi connectivity index (χ3v) is 7.20. The van der Waals surface area contributed by atoms with Crippen molar-refractivity contribution in [3.8, 4) is 0 Å². The van der Waals surface area contributed by atoms with Crippen LogP contribution in [0.2, 0.25) is 0 Å². The molecule has 0 bridgehead atoms. The summed E-state index contributed by atoms with van der Waals surface area (Å²) in [7, 11) is 0. The lowest BCUT2D eigenvalue weighted by molar-refractivity contribution is -1.02. The van der Waals surface area contributed by atoms with Gasteiger partial charge in [0.15, 0.2) is 0 Å². The van der Waals surface area contributed by atoms with Crippen molar-refractivity contribution in [2.45, 2.75) is 32.7 Å². The molecule has 1 aliphatic heterocycles. The van der Waals surface area contributed by atoms with Gasteiger partial charge in [-0.15, -0.1) is 11.3 Å². The van der Waals surface area contributed by atoms with Crippen molar-refractivity contribution in [1.29, 1.82) is 0 Å². The Bertz CT molecular complexity index is 810. The molecule has 2 heterocycles. The standard InChI is InChI=1S/C21H26FN3OS/c1-2-24-10-12-25(13-11-24)14-18-17-4-3-5-19(17)27-21(18)23-20(26)15-6-8-16(22)9-7-15/h6-9H,2-5,10-14H2,1H3,(H,23,26)/p+2. The summed E-state index contributed by atoms with van der Waals surface area (Å²) in [5.41, 5.74) is 3.33. The molecule has 3 N–H and O–H groups in total. The molecule has 2 aliphatic rings. The molecule has 0 unspecified atom stereocenters. The van der Waals surface area contributed by atoms with E-state index in [2.05, 4.69) is 12.2 Å². The van der Waals surface area contributed by atoms with Gasteiger partial charge >= 0.3 is 0 Å². The van der Waals surface area contributed by atoms with Crippen LogP contribution in [0.3, 0.4) is 0 Å². The van der Waals surface area contributed by atoms with Gasteiger partial charge in [-0.05, 0) is 56.0 Å². The topological polar surface area (TPSA) is 38.0 Å². The van der Waals surface area contributed by atoms with Crippen LogP contribution in [-0.2, 0) is 19.4 Å². The number of piperazine rings is 1. The van der Waals surface area contributed by atoms with E-state index in [9.17, 15) is 9.18 Å². The van der Waals surface area contributed by atoms with E-state index >= 15 is 0 Å². The van der Waals surface area contributed by atoms with E-state index in [0.29, 0.717) is 5.56 Å². The summed E-state index contributed by atoms with van der Waals surface area (Å²) in [5.74, 6) is -0.467. The number of benzene rings is 1. The molecule has 4 nitrogen and oxygen atoms in total. The Morgan fingerprint density at radius 1 is 1.11 bits per heavy atom. The highest BCUT2D eigenvalue weighted by molar-refractivity contribution is 7.16. The number of hydrogen-bond acceptors (Lipinski definition) is 2. The Morgan fingerprint density at radius 2 is 1.81 bits per heavy atom. The van der Waals surface area contributed by atoms with Gasteiger partial charge in [0.25, 0.3) is 5.91 Å². The Balaban J connectivity index is 1.51. The molecule has 1 amide bonds. The van der Waals surface area contributed by atoms with Crippen LogP contribution < -0.4 is 15.1 Å². The third-order valence-electron chi connectivity index (χ3n) is 5.96. The van der Waals surface area contributed by atoms with Crippen molar-refractivity contribution in [2.75, 3.05) is 38.0 Å². The summed E-state index contributed by atoms with van der Waals surface area (Å²) in [4.78, 5) is 17.4. The van der Waals surface area contributed by atoms with E-state index in [0.717, 1.165) is 24.4 Å². The van der Waals surface area contributed by atoms with Crippen LogP contribution >= 0.6 is 11.3 Å². The molecule has 0 saturated carbocycles. The van der Waals surface area contributed by atoms with E-state index in [1.807, 2.05) is 0 Å². The molecule has 2 aromatic rings. The van der Waals surface area contributed by atoms with Gasteiger partial charge < -0.3 is 15.1 Å². The SMILES string of the molecule is CC[NH+]1CC[NH+](Cc2c(NC(=O)c3ccc(F)cc3)sc3c2CCC3)CC1. The van der Waals surface area contributed by atoms with Crippen LogP contribution in [-0.4, -0.2) is 38.6 Å². The predicted molar refractivity (Wildman–Crippen MR) is 106 cm³/mol. The van der Waals surface area contributed by atoms with E-state index in [1.165, 1.54) is 67.3 Å². The summed E-state index contributed by atoms with van der Waals surface area (Å²) < 4.78 is 13.1. The lowest BCUT2D eigenvalue weighted by Crippen LogP contribution is -3.27. The molecule has 1 aromatic carbocycles. The van der Waals surface area contributed by atoms with Crippen molar-refractivity contribution in [3.63, 3.8) is 0 Å². The first-order valence-electron chi connectivity index (χ1n) is 10.0. The minimum absolute atomic E-state index is 0.147. The minimum atomic E-state index is -0.320. The Morgan fingerprint density at radius 3 is 2.52 bits per heavy atom. The highest BCUT2D eigenvalue weighted by Crippen LogP contribution is 2.39. The van der Waals surface area contributed by atoms with Crippen molar-refractivity contribution < 1.29 is 19.0 Å². The highest BCUT2D eigenvalue weighted by atomic mass is 32.1. The number of quaternary nitrogens is 2. The van der Waals surface area contributed by atoms with Gasteiger partial charge in [-0.25, -0.2) is 4.39 Å². The number of aryl methyl sites for hydroxylation is 1. The molecule has 27 heavy (non-hydrogen) atoms. The molecule has 1 fully saturated rings. The Labute approximate surface area is 164 Å². The van der Waals surface area contributed by atoms with Gasteiger partial charge in [0.05, 0.1) is 6.54 Å². The maximum absolute atomic E-state index is 13.1. The zero-order chi connectivity index (χ0) is 18.8. The lowest BCUT2D eigenvalue weighted by Gasteiger charge is -2.29. The van der Waals surface area contributed by atoms with E-state index in [1.54, 1.807) is 33.3 Å². The number of anilines is 1. The van der Waals surface area contributed by atoms with Crippen LogP contribution in [0.5, 0.6) is 0 Å². The number of amides is 1. The number of thiophene rings is 1. The lowest BCUT2D eigenvalue weighted by atomic mass is 10.1. The molecule has 0 radical (unpaired) electrons. The fourth-order valence-corrected chi connectivity index (χ4v) is 5.58. The van der Waals surface area contributed by atoms with Crippen LogP contribution in [0, 0.1) is 5.82 Å². The molecule has 1 saturated heterocycles. The number of halogens is 1. The normalized spacial score (nSPS) is 21.9. The van der Waals surface area contributed by atoms with Gasteiger partial charge in [-0.3, -0.25) is 4.79 Å². The Kier molecular flexibility index (Phi) is 5.57. The summed E-state index contributed by atoms with van der Waals surface area (Å²) in [6.07, 6.45) is 3.49. The summed E-state index contributed by atoms with van der Waals surface area (Å²) >= 11 is 1.74. The van der Waals surface area contributed by atoms with Crippen LogP contribution in [0.1, 0.15) is 39.7 Å². The molecular weight excluding hydrogens is 361 g/mol. The van der Waals surface area contributed by atoms with Crippen molar-refractivity contribution in [1.82, 2.24) is 0 Å². The van der Waals surface area contributed by atoms with Crippen LogP contribution in [0.25, 0.3) is 0 Å². The van der Waals surface area contributed by atoms with Crippen molar-refractivity contribution in [2.24, 2.45) is 0 Å². The smallest absolute Gasteiger partial charge is 0.256 e. The maximum Gasteiger partial charge on any atom is 0.256 e. The minimum Gasteiger partial charge on any atom is -0.326 e. The van der Waals surface area contributed by atoms with Crippen LogP contribution in [0.15, 0.2) is 24.3 Å². The third kappa shape index (κ3) is 4.08. The monoisotopic (exact) mass is 389 g/mol. The zero-order valence-corrected chi connectivity index (χ0v) is 16.7. The van der Waals surface area contributed by atoms with Gasteiger partial charge in [0, 0.05) is 16.0 Å². The molecule has 4 rings (SSSR count). The number of carbonyl (C=O) groups is 1. The molecule has 1 aliphatic carbocycles. The van der Waals surface area contributed by atoms with Gasteiger partial charge in [0.1, 0.15) is 43.5 Å². The average Bonchev–Trinajstić information content (AvgIpc) is 3.25. The van der Waals surface area contributed by atoms with E-state index < -0.39 is 0 Å². The second kappa shape index (κ2) is 8.09. The summed E-state index contributed by atoms with van der Waals surface area (Å²) in [5, 5.41) is 4.13. The molecule has 144 valence electrons. The first-order valence-corrected chi connectivity index (χ1v) is 10.8. The predicted octanol–water partition coefficient (Wildman–Crippen LogP) is 0.932. The number of rotatable bonds is 5. The first kappa shape index (κ1) is 18.6. The van der Waals surface area contributed by atoms with E-state index in [4.69, 9.17) is 0 Å². The largest absolute Gasteiger partial charge is 0.326 e. The van der Waals surface area contributed by atoms with Gasteiger partial charge in [-0.2, -0.15) is 0 Å². The number of carbonyl (C=O) groups excluding carboxylic acids is 1. The number of likely N-dealkylation sites (N-methyl/N-ethyl adjacent to an activating group) is 1. The average molecular weight is 390 g/mol. The zero-order valence-electron chi connectivity index (χ0n) is 15.9. The molecule has 6 heteroatoms. The molecular formula is C21H28FN3OS+2. The molecule has 0 spiro atoms. The fourth-order valence-electron chi connectivity index (χ4n) is 4.27. The summed E-state index contributed by atoms with van der Waals surface area (Å²) in [6, 6.07) is 5.76. The maximum atomic E-state index is 13.1. The Hall–Kier alpha value is -1.76. The first-order chi connectivity index (χ1) is 13.1. The second-order valence-electron chi connectivity index (χ2n) is 7.66. The fraction of sp³-hybridized carbons (Fsp3) is 0.476. The quantitative estimate of drug-likeness (QED) is 0.700. The van der Waals surface area contributed by atoms with Crippen molar-refractivity contribution >= 4 is 22.2 Å². The molecule has 1 aromatic heterocycles. The second-order valence-corrected chi connectivity index (χ2v) is 8.76. The highest BCUT2D eigenvalue weighted by Gasteiger charge is 2.28. The number of nitrogens with one attached hydrogen (secondary N) is 3. The van der Waals surface area contributed by atoms with Gasteiger partial charge in [0.2, 0.25) is 0 Å². The number of fused-ring (bicyclic) bond motifs is 1. The van der Waals surface area contributed by atoms with Crippen molar-refractivity contribution in [3.05, 3.63) is 51.7 Å².